The molecule has 0 spiro atoms. The molecule has 0 aliphatic carbocycles. The largest absolute Gasteiger partial charge is 0.359 e. The predicted octanol–water partition coefficient (Wildman–Crippen LogP) is 2.05. The van der Waals surface area contributed by atoms with E-state index in [4.69, 9.17) is 0 Å². The molecule has 0 aliphatic rings. The molecule has 114 valence electrons. The van der Waals surface area contributed by atoms with Crippen molar-refractivity contribution in [1.29, 1.82) is 0 Å². The summed E-state index contributed by atoms with van der Waals surface area (Å²) in [6, 6.07) is 18.8. The molecular weight excluding hydrogens is 276 g/mol. The Balaban J connectivity index is 2.54. The van der Waals surface area contributed by atoms with E-state index in [2.05, 4.69) is 10.6 Å². The molecule has 4 heteroatoms. The second-order valence-corrected chi connectivity index (χ2v) is 5.01. The molecule has 0 fully saturated rings. The van der Waals surface area contributed by atoms with Gasteiger partial charge in [0.2, 0.25) is 11.8 Å². The maximum Gasteiger partial charge on any atom is 0.228 e. The number of nitrogens with one attached hydrogen (secondary N) is 2. The summed E-state index contributed by atoms with van der Waals surface area (Å²) < 4.78 is 0. The number of hydrogen-bond donors (Lipinski definition) is 2. The number of likely N-dealkylation sites (N-methyl/N-ethyl adjacent to an activating group) is 2. The van der Waals surface area contributed by atoms with Crippen molar-refractivity contribution < 1.29 is 9.59 Å². The molecule has 22 heavy (non-hydrogen) atoms. The van der Waals surface area contributed by atoms with E-state index in [-0.39, 0.29) is 11.8 Å². The van der Waals surface area contributed by atoms with Gasteiger partial charge in [-0.1, -0.05) is 60.7 Å². The summed E-state index contributed by atoms with van der Waals surface area (Å²) in [6.45, 7) is 0. The van der Waals surface area contributed by atoms with Crippen molar-refractivity contribution in [3.8, 4) is 0 Å². The van der Waals surface area contributed by atoms with Gasteiger partial charge in [0.15, 0.2) is 0 Å². The fourth-order valence-corrected chi connectivity index (χ4v) is 2.62. The molecule has 2 amide bonds. The van der Waals surface area contributed by atoms with Gasteiger partial charge in [0.25, 0.3) is 0 Å². The first kappa shape index (κ1) is 15.8. The van der Waals surface area contributed by atoms with Crippen LogP contribution in [0.3, 0.4) is 0 Å². The average molecular weight is 296 g/mol. The van der Waals surface area contributed by atoms with Gasteiger partial charge >= 0.3 is 0 Å². The van der Waals surface area contributed by atoms with Gasteiger partial charge in [0.1, 0.15) is 0 Å². The molecule has 0 saturated carbocycles. The first-order valence-corrected chi connectivity index (χ1v) is 7.22. The highest BCUT2D eigenvalue weighted by Gasteiger charge is 2.35. The lowest BCUT2D eigenvalue weighted by molar-refractivity contribution is -0.128. The minimum atomic E-state index is -0.575. The summed E-state index contributed by atoms with van der Waals surface area (Å²) in [7, 11) is 3.17. The van der Waals surface area contributed by atoms with Crippen molar-refractivity contribution in [2.24, 2.45) is 0 Å². The quantitative estimate of drug-likeness (QED) is 0.887. The number of rotatable bonds is 5. The fraction of sp³-hybridized carbons (Fsp3) is 0.222. The van der Waals surface area contributed by atoms with E-state index in [0.717, 1.165) is 11.1 Å². The second-order valence-electron chi connectivity index (χ2n) is 5.01. The monoisotopic (exact) mass is 296 g/mol. The van der Waals surface area contributed by atoms with Gasteiger partial charge in [-0.25, -0.2) is 0 Å². The van der Waals surface area contributed by atoms with Crippen molar-refractivity contribution in [3.63, 3.8) is 0 Å². The summed E-state index contributed by atoms with van der Waals surface area (Å²) in [5, 5.41) is 5.35. The van der Waals surface area contributed by atoms with Crippen molar-refractivity contribution in [3.05, 3.63) is 71.8 Å². The van der Waals surface area contributed by atoms with Gasteiger partial charge < -0.3 is 10.6 Å². The van der Waals surface area contributed by atoms with Crippen LogP contribution in [0.5, 0.6) is 0 Å². The van der Waals surface area contributed by atoms with E-state index >= 15 is 0 Å². The van der Waals surface area contributed by atoms with Crippen molar-refractivity contribution in [1.82, 2.24) is 10.6 Å². The Morgan fingerprint density at radius 1 is 0.682 bits per heavy atom. The number of amides is 2. The third kappa shape index (κ3) is 3.34. The van der Waals surface area contributed by atoms with Gasteiger partial charge in [-0.3, -0.25) is 9.59 Å². The van der Waals surface area contributed by atoms with Crippen LogP contribution in [0.25, 0.3) is 0 Å². The molecule has 2 N–H and O–H groups in total. The zero-order valence-corrected chi connectivity index (χ0v) is 12.7. The lowest BCUT2D eigenvalue weighted by Gasteiger charge is -2.25. The summed E-state index contributed by atoms with van der Waals surface area (Å²) in [4.78, 5) is 24.9. The van der Waals surface area contributed by atoms with E-state index in [9.17, 15) is 9.59 Å². The van der Waals surface area contributed by atoms with Crippen LogP contribution in [-0.2, 0) is 9.59 Å². The van der Waals surface area contributed by atoms with Gasteiger partial charge in [-0.2, -0.15) is 0 Å². The predicted molar refractivity (Wildman–Crippen MR) is 86.5 cm³/mol. The normalized spacial score (nSPS) is 13.0. The Kier molecular flexibility index (Phi) is 5.31. The van der Waals surface area contributed by atoms with Crippen LogP contribution in [0.2, 0.25) is 0 Å². The van der Waals surface area contributed by atoms with Crippen LogP contribution in [0.4, 0.5) is 0 Å². The van der Waals surface area contributed by atoms with E-state index in [0.29, 0.717) is 0 Å². The second kappa shape index (κ2) is 7.41. The van der Waals surface area contributed by atoms with Gasteiger partial charge in [0, 0.05) is 14.1 Å². The molecule has 0 aromatic heterocycles. The molecule has 2 rings (SSSR count). The molecule has 0 heterocycles. The van der Waals surface area contributed by atoms with Crippen LogP contribution < -0.4 is 10.6 Å². The van der Waals surface area contributed by atoms with E-state index in [1.807, 2.05) is 60.7 Å². The highest BCUT2D eigenvalue weighted by atomic mass is 16.2. The Morgan fingerprint density at radius 2 is 1.00 bits per heavy atom. The summed E-state index contributed by atoms with van der Waals surface area (Å²) >= 11 is 0. The minimum Gasteiger partial charge on any atom is -0.359 e. The number of carbonyl (C=O) groups excluding carboxylic acids is 2. The molecule has 0 bridgehead atoms. The van der Waals surface area contributed by atoms with Gasteiger partial charge in [0.05, 0.1) is 11.8 Å². The van der Waals surface area contributed by atoms with Crippen LogP contribution in [0, 0.1) is 0 Å². The minimum absolute atomic E-state index is 0.177. The zero-order chi connectivity index (χ0) is 15.9. The standard InChI is InChI=1S/C18H20N2O2/c1-19-17(21)15(13-9-5-3-6-10-13)16(18(22)20-2)14-11-7-4-8-12-14/h3-12,15-16H,1-2H3,(H,19,21)(H,20,22)/t15-,16-/m1/s1. The molecule has 2 atom stereocenters. The first-order chi connectivity index (χ1) is 10.7. The van der Waals surface area contributed by atoms with Crippen molar-refractivity contribution >= 4 is 11.8 Å². The van der Waals surface area contributed by atoms with Crippen molar-refractivity contribution in [2.75, 3.05) is 14.1 Å². The number of benzene rings is 2. The third-order valence-corrected chi connectivity index (χ3v) is 3.71. The molecule has 0 radical (unpaired) electrons. The molecule has 4 nitrogen and oxygen atoms in total. The summed E-state index contributed by atoms with van der Waals surface area (Å²) in [6.07, 6.45) is 0. The van der Waals surface area contributed by atoms with Gasteiger partial charge in [-0.15, -0.1) is 0 Å². The van der Waals surface area contributed by atoms with E-state index in [1.165, 1.54) is 0 Å². The Morgan fingerprint density at radius 3 is 1.27 bits per heavy atom. The highest BCUT2D eigenvalue weighted by molar-refractivity contribution is 5.94. The fourth-order valence-electron chi connectivity index (χ4n) is 2.62. The van der Waals surface area contributed by atoms with E-state index < -0.39 is 11.8 Å². The first-order valence-electron chi connectivity index (χ1n) is 7.22. The maximum absolute atomic E-state index is 12.5. The molecule has 0 unspecified atom stereocenters. The van der Waals surface area contributed by atoms with Crippen LogP contribution in [-0.4, -0.2) is 25.9 Å². The maximum atomic E-state index is 12.5. The van der Waals surface area contributed by atoms with E-state index in [1.54, 1.807) is 14.1 Å². The SMILES string of the molecule is CNC(=O)[C@H](c1ccccc1)[C@H](C(=O)NC)c1ccccc1. The van der Waals surface area contributed by atoms with Crippen LogP contribution in [0.15, 0.2) is 60.7 Å². The molecule has 2 aromatic rings. The Bertz CT molecular complexity index is 569. The van der Waals surface area contributed by atoms with Crippen LogP contribution in [0.1, 0.15) is 23.0 Å². The zero-order valence-electron chi connectivity index (χ0n) is 12.7. The molecule has 0 aliphatic heterocycles. The van der Waals surface area contributed by atoms with Crippen LogP contribution >= 0.6 is 0 Å². The molecular formula is C18H20N2O2. The Labute approximate surface area is 130 Å². The molecule has 0 saturated heterocycles. The number of carbonyl (C=O) groups is 2. The lowest BCUT2D eigenvalue weighted by atomic mass is 9.80. The highest BCUT2D eigenvalue weighted by Crippen LogP contribution is 2.33. The van der Waals surface area contributed by atoms with Gasteiger partial charge in [-0.05, 0) is 11.1 Å². The topological polar surface area (TPSA) is 58.2 Å². The smallest absolute Gasteiger partial charge is 0.228 e. The summed E-state index contributed by atoms with van der Waals surface area (Å²) in [5.74, 6) is -1.51. The average Bonchev–Trinajstić information content (AvgIpc) is 2.59. The summed E-state index contributed by atoms with van der Waals surface area (Å²) in [5.41, 5.74) is 1.64. The lowest BCUT2D eigenvalue weighted by Crippen LogP contribution is -2.37. The third-order valence-electron chi connectivity index (χ3n) is 3.71. The number of hydrogen-bond acceptors (Lipinski definition) is 2. The van der Waals surface area contributed by atoms with Crippen molar-refractivity contribution in [2.45, 2.75) is 11.8 Å². The molecule has 2 aromatic carbocycles. The Hall–Kier alpha value is -2.62.